The Kier molecular flexibility index (Phi) is 6.76. The van der Waals surface area contributed by atoms with Crippen LogP contribution in [0.2, 0.25) is 0 Å². The van der Waals surface area contributed by atoms with Gasteiger partial charge in [-0.3, -0.25) is 4.79 Å². The molecule has 0 bridgehead atoms. The number of hydrogen-bond donors (Lipinski definition) is 1. The van der Waals surface area contributed by atoms with Gasteiger partial charge in [-0.2, -0.15) is 0 Å². The molecule has 0 saturated carbocycles. The highest BCUT2D eigenvalue weighted by molar-refractivity contribution is 5.95. The number of nitrogens with zero attached hydrogens (tertiary/aromatic N) is 3. The van der Waals surface area contributed by atoms with Crippen molar-refractivity contribution < 1.29 is 9.53 Å². The molecule has 1 fully saturated rings. The largest absolute Gasteiger partial charge is 0.385 e. The van der Waals surface area contributed by atoms with Gasteiger partial charge in [0.15, 0.2) is 0 Å². The molecule has 1 aromatic heterocycles. The smallest absolute Gasteiger partial charge is 0.254 e. The number of aromatic nitrogens is 2. The third-order valence-electron chi connectivity index (χ3n) is 4.99. The zero-order valence-corrected chi connectivity index (χ0v) is 16.1. The second-order valence-electron chi connectivity index (χ2n) is 6.84. The maximum absolute atomic E-state index is 13.0. The number of hydrogen-bond acceptors (Lipinski definition) is 5. The molecular formula is C21H28N4O2. The summed E-state index contributed by atoms with van der Waals surface area (Å²) in [6.07, 6.45) is 4.20. The van der Waals surface area contributed by atoms with Crippen LogP contribution in [0.5, 0.6) is 0 Å². The minimum atomic E-state index is 0.107. The maximum atomic E-state index is 13.0. The van der Waals surface area contributed by atoms with Gasteiger partial charge in [-0.05, 0) is 56.9 Å². The first kappa shape index (κ1) is 19.3. The van der Waals surface area contributed by atoms with Crippen molar-refractivity contribution in [1.82, 2.24) is 15.1 Å². The first-order valence-corrected chi connectivity index (χ1v) is 9.71. The number of piperidine rings is 1. The number of rotatable bonds is 7. The standard InChI is InChI=1S/C21H28N4O2/c1-3-22-20-12-11-19(23-24-20)16-7-9-17(10-8-16)21(26)25-14-5-4-6-18(25)13-15-27-2/h7-12,18H,3-6,13-15H2,1-2H3,(H,22,24). The molecule has 1 N–H and O–H groups in total. The zero-order chi connectivity index (χ0) is 19.1. The second-order valence-corrected chi connectivity index (χ2v) is 6.84. The molecule has 6 nitrogen and oxygen atoms in total. The molecule has 2 aromatic rings. The summed E-state index contributed by atoms with van der Waals surface area (Å²) in [6.45, 7) is 4.35. The summed E-state index contributed by atoms with van der Waals surface area (Å²) in [4.78, 5) is 15.0. The van der Waals surface area contributed by atoms with Gasteiger partial charge in [-0.1, -0.05) is 12.1 Å². The number of likely N-dealkylation sites (tertiary alicyclic amines) is 1. The van der Waals surface area contributed by atoms with Crippen LogP contribution in [0.3, 0.4) is 0 Å². The van der Waals surface area contributed by atoms with E-state index in [2.05, 4.69) is 15.5 Å². The van der Waals surface area contributed by atoms with E-state index in [9.17, 15) is 4.79 Å². The summed E-state index contributed by atoms with van der Waals surface area (Å²) in [5, 5.41) is 11.6. The SMILES string of the molecule is CCNc1ccc(-c2ccc(C(=O)N3CCCCC3CCOC)cc2)nn1. The first-order valence-electron chi connectivity index (χ1n) is 9.71. The number of benzene rings is 1. The van der Waals surface area contributed by atoms with E-state index in [4.69, 9.17) is 4.74 Å². The van der Waals surface area contributed by atoms with Crippen molar-refractivity contribution in [2.45, 2.75) is 38.6 Å². The van der Waals surface area contributed by atoms with Crippen LogP contribution < -0.4 is 5.32 Å². The number of methoxy groups -OCH3 is 1. The number of amides is 1. The highest BCUT2D eigenvalue weighted by atomic mass is 16.5. The van der Waals surface area contributed by atoms with Crippen LogP contribution in [0.4, 0.5) is 5.82 Å². The highest BCUT2D eigenvalue weighted by Crippen LogP contribution is 2.24. The minimum Gasteiger partial charge on any atom is -0.385 e. The van der Waals surface area contributed by atoms with Gasteiger partial charge in [0.1, 0.15) is 5.82 Å². The lowest BCUT2D eigenvalue weighted by atomic mass is 9.98. The average Bonchev–Trinajstić information content (AvgIpc) is 2.73. The van der Waals surface area contributed by atoms with Crippen molar-refractivity contribution in [3.63, 3.8) is 0 Å². The molecule has 3 rings (SSSR count). The molecule has 0 radical (unpaired) electrons. The van der Waals surface area contributed by atoms with E-state index in [1.165, 1.54) is 6.42 Å². The summed E-state index contributed by atoms with van der Waals surface area (Å²) >= 11 is 0. The number of nitrogens with one attached hydrogen (secondary N) is 1. The van der Waals surface area contributed by atoms with Crippen LogP contribution in [-0.4, -0.2) is 53.9 Å². The second kappa shape index (κ2) is 9.46. The van der Waals surface area contributed by atoms with Gasteiger partial charge < -0.3 is 15.0 Å². The van der Waals surface area contributed by atoms with Crippen molar-refractivity contribution >= 4 is 11.7 Å². The van der Waals surface area contributed by atoms with E-state index in [0.717, 1.165) is 55.0 Å². The Hall–Kier alpha value is -2.47. The average molecular weight is 368 g/mol. The van der Waals surface area contributed by atoms with Gasteiger partial charge in [0.25, 0.3) is 5.91 Å². The fourth-order valence-electron chi connectivity index (χ4n) is 3.53. The van der Waals surface area contributed by atoms with Crippen molar-refractivity contribution in [3.8, 4) is 11.3 Å². The molecule has 0 spiro atoms. The normalized spacial score (nSPS) is 17.0. The summed E-state index contributed by atoms with van der Waals surface area (Å²) < 4.78 is 5.21. The monoisotopic (exact) mass is 368 g/mol. The van der Waals surface area contributed by atoms with E-state index >= 15 is 0 Å². The molecule has 1 unspecified atom stereocenters. The van der Waals surface area contributed by atoms with Crippen molar-refractivity contribution in [3.05, 3.63) is 42.0 Å². The van der Waals surface area contributed by atoms with Crippen molar-refractivity contribution in [2.75, 3.05) is 32.1 Å². The molecule has 0 aliphatic carbocycles. The van der Waals surface area contributed by atoms with Gasteiger partial charge in [0.2, 0.25) is 0 Å². The molecule has 1 aliphatic rings. The van der Waals surface area contributed by atoms with Crippen LogP contribution in [0, 0.1) is 0 Å². The quantitative estimate of drug-likeness (QED) is 0.809. The molecule has 1 amide bonds. The number of carbonyl (C=O) groups is 1. The van der Waals surface area contributed by atoms with Crippen LogP contribution in [0.1, 0.15) is 43.0 Å². The summed E-state index contributed by atoms with van der Waals surface area (Å²) in [5.74, 6) is 0.871. The Morgan fingerprint density at radius 1 is 1.19 bits per heavy atom. The molecule has 1 saturated heterocycles. The Morgan fingerprint density at radius 2 is 2.00 bits per heavy atom. The summed E-state index contributed by atoms with van der Waals surface area (Å²) in [6, 6.07) is 11.8. The molecule has 1 atom stereocenters. The van der Waals surface area contributed by atoms with Crippen molar-refractivity contribution in [2.24, 2.45) is 0 Å². The predicted molar refractivity (Wildman–Crippen MR) is 107 cm³/mol. The zero-order valence-electron chi connectivity index (χ0n) is 16.1. The van der Waals surface area contributed by atoms with E-state index in [-0.39, 0.29) is 11.9 Å². The third kappa shape index (κ3) is 4.83. The van der Waals surface area contributed by atoms with E-state index < -0.39 is 0 Å². The lowest BCUT2D eigenvalue weighted by molar-refractivity contribution is 0.0553. The fourth-order valence-corrected chi connectivity index (χ4v) is 3.53. The van der Waals surface area contributed by atoms with E-state index in [1.54, 1.807) is 7.11 Å². The third-order valence-corrected chi connectivity index (χ3v) is 4.99. The molecular weight excluding hydrogens is 340 g/mol. The Balaban J connectivity index is 1.71. The first-order chi connectivity index (χ1) is 13.2. The van der Waals surface area contributed by atoms with Gasteiger partial charge in [-0.25, -0.2) is 0 Å². The summed E-state index contributed by atoms with van der Waals surface area (Å²) in [7, 11) is 1.71. The van der Waals surface area contributed by atoms with Gasteiger partial charge in [-0.15, -0.1) is 10.2 Å². The van der Waals surface area contributed by atoms with E-state index in [0.29, 0.717) is 6.61 Å². The van der Waals surface area contributed by atoms with Crippen LogP contribution in [0.25, 0.3) is 11.3 Å². The molecule has 144 valence electrons. The van der Waals surface area contributed by atoms with Crippen LogP contribution >= 0.6 is 0 Å². The summed E-state index contributed by atoms with van der Waals surface area (Å²) in [5.41, 5.74) is 2.48. The van der Waals surface area contributed by atoms with Gasteiger partial charge in [0.05, 0.1) is 5.69 Å². The van der Waals surface area contributed by atoms with E-state index in [1.807, 2.05) is 48.2 Å². The number of anilines is 1. The highest BCUT2D eigenvalue weighted by Gasteiger charge is 2.27. The minimum absolute atomic E-state index is 0.107. The lowest BCUT2D eigenvalue weighted by Crippen LogP contribution is -2.44. The topological polar surface area (TPSA) is 67.4 Å². The fraction of sp³-hybridized carbons (Fsp3) is 0.476. The Labute approximate surface area is 160 Å². The molecule has 27 heavy (non-hydrogen) atoms. The van der Waals surface area contributed by atoms with Crippen LogP contribution in [-0.2, 0) is 4.74 Å². The molecule has 1 aromatic carbocycles. The van der Waals surface area contributed by atoms with Gasteiger partial charge in [0, 0.05) is 44.0 Å². The molecule has 6 heteroatoms. The molecule has 1 aliphatic heterocycles. The van der Waals surface area contributed by atoms with Crippen LogP contribution in [0.15, 0.2) is 36.4 Å². The number of carbonyl (C=O) groups excluding carboxylic acids is 1. The van der Waals surface area contributed by atoms with Crippen molar-refractivity contribution in [1.29, 1.82) is 0 Å². The van der Waals surface area contributed by atoms with Gasteiger partial charge >= 0.3 is 0 Å². The number of ether oxygens (including phenoxy) is 1. The predicted octanol–water partition coefficient (Wildman–Crippen LogP) is 3.61. The Morgan fingerprint density at radius 3 is 2.67 bits per heavy atom. The lowest BCUT2D eigenvalue weighted by Gasteiger charge is -2.36. The Bertz CT molecular complexity index is 731. The maximum Gasteiger partial charge on any atom is 0.254 e. The molecule has 2 heterocycles.